The Labute approximate surface area is 155 Å². The Bertz CT molecular complexity index is 952. The second-order valence-corrected chi connectivity index (χ2v) is 8.20. The van der Waals surface area contributed by atoms with Crippen molar-refractivity contribution in [3.05, 3.63) is 46.3 Å². The van der Waals surface area contributed by atoms with Crippen molar-refractivity contribution in [2.24, 2.45) is 0 Å². The van der Waals surface area contributed by atoms with E-state index in [9.17, 15) is 21.6 Å². The summed E-state index contributed by atoms with van der Waals surface area (Å²) in [5.41, 5.74) is 0.915. The third kappa shape index (κ3) is 4.17. The van der Waals surface area contributed by atoms with E-state index in [-0.39, 0.29) is 30.2 Å². The number of rotatable bonds is 5. The van der Waals surface area contributed by atoms with Crippen molar-refractivity contribution in [1.82, 2.24) is 14.5 Å². The summed E-state index contributed by atoms with van der Waals surface area (Å²) in [6.45, 7) is 3.58. The molecule has 0 atom stereocenters. The van der Waals surface area contributed by atoms with Gasteiger partial charge in [-0.15, -0.1) is 0 Å². The molecule has 1 N–H and O–H groups in total. The molecule has 0 bridgehead atoms. The van der Waals surface area contributed by atoms with Gasteiger partial charge < -0.3 is 4.74 Å². The lowest BCUT2D eigenvalue weighted by Gasteiger charge is -2.16. The van der Waals surface area contributed by atoms with Crippen LogP contribution in [0.2, 0.25) is 0 Å². The number of aromatic nitrogens is 2. The van der Waals surface area contributed by atoms with E-state index in [1.165, 1.54) is 4.68 Å². The Morgan fingerprint density at radius 1 is 1.30 bits per heavy atom. The Morgan fingerprint density at radius 3 is 2.74 bits per heavy atom. The van der Waals surface area contributed by atoms with Gasteiger partial charge in [-0.1, -0.05) is 12.1 Å². The first-order valence-electron chi connectivity index (χ1n) is 8.40. The third-order valence-corrected chi connectivity index (χ3v) is 6.02. The van der Waals surface area contributed by atoms with Crippen LogP contribution in [-0.4, -0.2) is 31.3 Å². The highest BCUT2D eigenvalue weighted by atomic mass is 32.2. The van der Waals surface area contributed by atoms with Crippen LogP contribution in [0.4, 0.5) is 13.2 Å². The lowest BCUT2D eigenvalue weighted by molar-refractivity contribution is -0.142. The molecule has 10 heteroatoms. The topological polar surface area (TPSA) is 73.2 Å². The van der Waals surface area contributed by atoms with Gasteiger partial charge >= 0.3 is 6.18 Å². The summed E-state index contributed by atoms with van der Waals surface area (Å²) in [6, 6.07) is 5.08. The summed E-state index contributed by atoms with van der Waals surface area (Å²) < 4.78 is 73.3. The lowest BCUT2D eigenvalue weighted by atomic mass is 10.1. The summed E-state index contributed by atoms with van der Waals surface area (Å²) in [4.78, 5) is 0.161. The second-order valence-electron chi connectivity index (χ2n) is 6.46. The van der Waals surface area contributed by atoms with Gasteiger partial charge in [0.1, 0.15) is 0 Å². The Kier molecular flexibility index (Phi) is 5.33. The van der Waals surface area contributed by atoms with Crippen LogP contribution in [0.25, 0.3) is 0 Å². The maximum absolute atomic E-state index is 13.2. The minimum absolute atomic E-state index is 0.00249. The van der Waals surface area contributed by atoms with Gasteiger partial charge in [0.2, 0.25) is 10.0 Å². The first kappa shape index (κ1) is 19.8. The van der Waals surface area contributed by atoms with E-state index < -0.39 is 21.9 Å². The molecule has 0 amide bonds. The van der Waals surface area contributed by atoms with E-state index in [1.807, 2.05) is 6.07 Å². The molecule has 1 aromatic carbocycles. The fourth-order valence-electron chi connectivity index (χ4n) is 3.08. The second kappa shape index (κ2) is 7.25. The minimum atomic E-state index is -4.58. The molecule has 0 fully saturated rings. The number of benzene rings is 1. The molecule has 0 unspecified atom stereocenters. The molecule has 0 saturated carbocycles. The van der Waals surface area contributed by atoms with E-state index in [2.05, 4.69) is 9.82 Å². The number of hydrogen-bond donors (Lipinski definition) is 1. The predicted molar refractivity (Wildman–Crippen MR) is 91.7 cm³/mol. The molecular formula is C17H20F3N3O3S. The smallest absolute Gasteiger partial charge is 0.376 e. The first-order valence-corrected chi connectivity index (χ1v) is 9.88. The van der Waals surface area contributed by atoms with Gasteiger partial charge in [-0.05, 0) is 31.0 Å². The fourth-order valence-corrected chi connectivity index (χ4v) is 4.43. The van der Waals surface area contributed by atoms with Crippen molar-refractivity contribution in [3.8, 4) is 0 Å². The Hall–Kier alpha value is -1.91. The zero-order valence-corrected chi connectivity index (χ0v) is 15.7. The zero-order chi connectivity index (χ0) is 19.8. The van der Waals surface area contributed by atoms with E-state index in [1.54, 1.807) is 26.0 Å². The number of nitrogens with one attached hydrogen (secondary N) is 1. The highest BCUT2D eigenvalue weighted by molar-refractivity contribution is 7.89. The molecular weight excluding hydrogens is 383 g/mol. The lowest BCUT2D eigenvalue weighted by Crippen LogP contribution is -2.29. The van der Waals surface area contributed by atoms with Crippen LogP contribution < -0.4 is 4.72 Å². The van der Waals surface area contributed by atoms with Crippen LogP contribution in [0.1, 0.15) is 28.1 Å². The number of nitrogens with zero attached hydrogens (tertiary/aromatic N) is 2. The molecule has 6 nitrogen and oxygen atoms in total. The van der Waals surface area contributed by atoms with Crippen molar-refractivity contribution in [2.45, 2.75) is 44.5 Å². The SMILES string of the molecule is Cc1ccc(C)c(S(=O)(=O)NCCn2nc(C(F)(F)F)c3c2CCOC3)c1. The van der Waals surface area contributed by atoms with E-state index in [0.29, 0.717) is 24.3 Å². The number of fused-ring (bicyclic) bond motifs is 1. The highest BCUT2D eigenvalue weighted by Crippen LogP contribution is 2.34. The van der Waals surface area contributed by atoms with Gasteiger partial charge in [-0.25, -0.2) is 13.1 Å². The Morgan fingerprint density at radius 2 is 2.04 bits per heavy atom. The van der Waals surface area contributed by atoms with Crippen LogP contribution in [0.15, 0.2) is 23.1 Å². The molecule has 2 aromatic rings. The van der Waals surface area contributed by atoms with Gasteiger partial charge in [-0.3, -0.25) is 4.68 Å². The van der Waals surface area contributed by atoms with Crippen LogP contribution in [0.3, 0.4) is 0 Å². The largest absolute Gasteiger partial charge is 0.435 e. The summed E-state index contributed by atoms with van der Waals surface area (Å²) in [6.07, 6.45) is -4.27. The Balaban J connectivity index is 1.78. The molecule has 27 heavy (non-hydrogen) atoms. The van der Waals surface area contributed by atoms with Crippen LogP contribution in [-0.2, 0) is 40.5 Å². The van der Waals surface area contributed by atoms with E-state index >= 15 is 0 Å². The monoisotopic (exact) mass is 403 g/mol. The molecule has 1 aromatic heterocycles. The third-order valence-electron chi connectivity index (χ3n) is 4.41. The standard InChI is InChI=1S/C17H20F3N3O3S/c1-11-3-4-12(2)15(9-11)27(24,25)21-6-7-23-14-5-8-26-10-13(14)16(22-23)17(18,19)20/h3-4,9,21H,5-8,10H2,1-2H3. The molecule has 0 radical (unpaired) electrons. The average Bonchev–Trinajstić information content (AvgIpc) is 2.96. The quantitative estimate of drug-likeness (QED) is 0.833. The molecule has 3 rings (SSSR count). The van der Waals surface area contributed by atoms with Crippen LogP contribution >= 0.6 is 0 Å². The van der Waals surface area contributed by atoms with Crippen molar-refractivity contribution in [3.63, 3.8) is 0 Å². The van der Waals surface area contributed by atoms with Gasteiger partial charge in [0.15, 0.2) is 5.69 Å². The van der Waals surface area contributed by atoms with Crippen LogP contribution in [0.5, 0.6) is 0 Å². The number of sulfonamides is 1. The van der Waals surface area contributed by atoms with Crippen molar-refractivity contribution in [1.29, 1.82) is 0 Å². The summed E-state index contributed by atoms with van der Waals surface area (Å²) >= 11 is 0. The van der Waals surface area contributed by atoms with Gasteiger partial charge in [0.25, 0.3) is 0 Å². The fraction of sp³-hybridized carbons (Fsp3) is 0.471. The first-order chi connectivity index (χ1) is 12.6. The molecule has 1 aliphatic rings. The maximum atomic E-state index is 13.2. The van der Waals surface area contributed by atoms with E-state index in [0.717, 1.165) is 5.56 Å². The normalized spacial score (nSPS) is 15.0. The van der Waals surface area contributed by atoms with Crippen molar-refractivity contribution >= 4 is 10.0 Å². The van der Waals surface area contributed by atoms with Crippen LogP contribution in [0, 0.1) is 13.8 Å². The molecule has 1 aliphatic heterocycles. The summed E-state index contributed by atoms with van der Waals surface area (Å²) in [7, 11) is -3.76. The minimum Gasteiger partial charge on any atom is -0.376 e. The number of alkyl halides is 3. The molecule has 0 spiro atoms. The number of aryl methyl sites for hydroxylation is 2. The van der Waals surface area contributed by atoms with E-state index in [4.69, 9.17) is 4.74 Å². The summed E-state index contributed by atoms with van der Waals surface area (Å²) in [5, 5.41) is 3.66. The molecule has 2 heterocycles. The van der Waals surface area contributed by atoms with Crippen molar-refractivity contribution < 1.29 is 26.3 Å². The number of hydrogen-bond acceptors (Lipinski definition) is 4. The molecule has 0 aliphatic carbocycles. The maximum Gasteiger partial charge on any atom is 0.435 e. The summed E-state index contributed by atoms with van der Waals surface area (Å²) in [5.74, 6) is 0. The van der Waals surface area contributed by atoms with Gasteiger partial charge in [0.05, 0.1) is 24.7 Å². The predicted octanol–water partition coefficient (Wildman–Crippen LogP) is 2.57. The molecule has 148 valence electrons. The molecule has 0 saturated heterocycles. The van der Waals surface area contributed by atoms with Gasteiger partial charge in [-0.2, -0.15) is 18.3 Å². The van der Waals surface area contributed by atoms with Gasteiger partial charge in [0, 0.05) is 24.2 Å². The highest BCUT2D eigenvalue weighted by Gasteiger charge is 2.39. The van der Waals surface area contributed by atoms with Crippen molar-refractivity contribution in [2.75, 3.05) is 13.2 Å². The average molecular weight is 403 g/mol. The zero-order valence-electron chi connectivity index (χ0n) is 14.9. The number of halogens is 3. The number of ether oxygens (including phenoxy) is 1.